The van der Waals surface area contributed by atoms with Crippen molar-refractivity contribution in [1.82, 2.24) is 0 Å². The molecule has 98 valence electrons. The Morgan fingerprint density at radius 1 is 0.944 bits per heavy atom. The van der Waals surface area contributed by atoms with E-state index in [9.17, 15) is 9.59 Å². The summed E-state index contributed by atoms with van der Waals surface area (Å²) in [6.07, 6.45) is 0. The van der Waals surface area contributed by atoms with Gasteiger partial charge >= 0.3 is 11.9 Å². The summed E-state index contributed by atoms with van der Waals surface area (Å²) in [7, 11) is 3.82. The van der Waals surface area contributed by atoms with E-state index >= 15 is 0 Å². The highest BCUT2D eigenvalue weighted by atomic mass is 16.5. The van der Waals surface area contributed by atoms with Crippen LogP contribution >= 0.6 is 0 Å². The first kappa shape index (κ1) is 13.6. The van der Waals surface area contributed by atoms with E-state index in [1.165, 1.54) is 21.3 Å². The largest absolute Gasteiger partial charge is 0.493 e. The van der Waals surface area contributed by atoms with Gasteiger partial charge in [0.05, 0.1) is 26.9 Å². The summed E-state index contributed by atoms with van der Waals surface area (Å²) in [5.74, 6) is -2.90. The average molecular weight is 256 g/mol. The third-order valence-electron chi connectivity index (χ3n) is 2.27. The lowest BCUT2D eigenvalue weighted by Crippen LogP contribution is -2.12. The van der Waals surface area contributed by atoms with E-state index in [4.69, 9.17) is 24.4 Å². The second kappa shape index (κ2) is 5.26. The first-order valence-electron chi connectivity index (χ1n) is 4.77. The normalized spacial score (nSPS) is 9.72. The molecule has 0 aliphatic carbocycles. The fraction of sp³-hybridized carbons (Fsp3) is 0.273. The standard InChI is InChI=1S/C11H12O7/c1-16-6-4-5(10(12)13)7(11(14)15)9(18-3)8(6)17-2/h4H,1-3H3,(H,12,13)(H,14,15). The molecule has 0 spiro atoms. The van der Waals surface area contributed by atoms with Crippen molar-refractivity contribution in [1.29, 1.82) is 0 Å². The Hall–Kier alpha value is -2.44. The number of methoxy groups -OCH3 is 3. The van der Waals surface area contributed by atoms with Crippen LogP contribution in [0.1, 0.15) is 20.7 Å². The Morgan fingerprint density at radius 3 is 1.83 bits per heavy atom. The maximum Gasteiger partial charge on any atom is 0.340 e. The molecule has 7 nitrogen and oxygen atoms in total. The van der Waals surface area contributed by atoms with Crippen molar-refractivity contribution < 1.29 is 34.0 Å². The van der Waals surface area contributed by atoms with E-state index < -0.39 is 23.1 Å². The van der Waals surface area contributed by atoms with E-state index in [1.54, 1.807) is 0 Å². The number of rotatable bonds is 5. The number of hydrogen-bond acceptors (Lipinski definition) is 5. The summed E-state index contributed by atoms with van der Waals surface area (Å²) in [6, 6.07) is 1.08. The monoisotopic (exact) mass is 256 g/mol. The molecule has 0 aliphatic heterocycles. The topological polar surface area (TPSA) is 102 Å². The number of carboxylic acid groups (broad SMARTS) is 2. The molecule has 0 heterocycles. The average Bonchev–Trinajstić information content (AvgIpc) is 2.35. The van der Waals surface area contributed by atoms with E-state index in [0.29, 0.717) is 0 Å². The molecule has 1 aromatic carbocycles. The summed E-state index contributed by atoms with van der Waals surface area (Å²) < 4.78 is 14.8. The predicted molar refractivity (Wildman–Crippen MR) is 60.0 cm³/mol. The lowest BCUT2D eigenvalue weighted by atomic mass is 10.0. The van der Waals surface area contributed by atoms with Crippen molar-refractivity contribution in [3.8, 4) is 17.2 Å². The van der Waals surface area contributed by atoms with Crippen LogP contribution in [0.15, 0.2) is 6.07 Å². The fourth-order valence-electron chi connectivity index (χ4n) is 1.54. The van der Waals surface area contributed by atoms with Crippen LogP contribution in [0.5, 0.6) is 17.2 Å². The maximum atomic E-state index is 11.1. The van der Waals surface area contributed by atoms with Crippen molar-refractivity contribution in [2.75, 3.05) is 21.3 Å². The van der Waals surface area contributed by atoms with Crippen LogP contribution in [0.3, 0.4) is 0 Å². The molecule has 0 aromatic heterocycles. The second-order valence-corrected chi connectivity index (χ2v) is 3.18. The SMILES string of the molecule is COc1cc(C(=O)O)c(C(=O)O)c(OC)c1OC. The summed E-state index contributed by atoms with van der Waals surface area (Å²) in [4.78, 5) is 22.2. The molecule has 0 aliphatic rings. The number of carboxylic acids is 2. The smallest absolute Gasteiger partial charge is 0.340 e. The second-order valence-electron chi connectivity index (χ2n) is 3.18. The van der Waals surface area contributed by atoms with E-state index in [2.05, 4.69) is 0 Å². The number of ether oxygens (including phenoxy) is 3. The minimum absolute atomic E-state index is 0.0300. The molecule has 0 fully saturated rings. The third kappa shape index (κ3) is 2.15. The Balaban J connectivity index is 3.74. The summed E-state index contributed by atoms with van der Waals surface area (Å²) in [5.41, 5.74) is -0.917. The van der Waals surface area contributed by atoms with Crippen molar-refractivity contribution in [2.24, 2.45) is 0 Å². The van der Waals surface area contributed by atoms with Gasteiger partial charge in [0.25, 0.3) is 0 Å². The summed E-state index contributed by atoms with van der Waals surface area (Å²) in [6.45, 7) is 0. The Bertz CT molecular complexity index is 493. The van der Waals surface area contributed by atoms with Crippen molar-refractivity contribution in [3.05, 3.63) is 17.2 Å². The van der Waals surface area contributed by atoms with Crippen LogP contribution in [-0.2, 0) is 0 Å². The highest BCUT2D eigenvalue weighted by Crippen LogP contribution is 2.41. The highest BCUT2D eigenvalue weighted by Gasteiger charge is 2.28. The van der Waals surface area contributed by atoms with Crippen molar-refractivity contribution >= 4 is 11.9 Å². The Kier molecular flexibility index (Phi) is 3.98. The van der Waals surface area contributed by atoms with Gasteiger partial charge in [-0.1, -0.05) is 0 Å². The first-order chi connectivity index (χ1) is 8.47. The van der Waals surface area contributed by atoms with Crippen molar-refractivity contribution in [3.63, 3.8) is 0 Å². The molecule has 0 bridgehead atoms. The lowest BCUT2D eigenvalue weighted by Gasteiger charge is -2.15. The van der Waals surface area contributed by atoms with Gasteiger partial charge in [0.2, 0.25) is 5.75 Å². The van der Waals surface area contributed by atoms with E-state index in [1.807, 2.05) is 0 Å². The van der Waals surface area contributed by atoms with Crippen LogP contribution in [0.4, 0.5) is 0 Å². The van der Waals surface area contributed by atoms with Crippen LogP contribution < -0.4 is 14.2 Å². The number of benzene rings is 1. The van der Waals surface area contributed by atoms with Gasteiger partial charge < -0.3 is 24.4 Å². The van der Waals surface area contributed by atoms with E-state index in [0.717, 1.165) is 6.07 Å². The van der Waals surface area contributed by atoms with Gasteiger partial charge in [-0.3, -0.25) is 0 Å². The van der Waals surface area contributed by atoms with Gasteiger partial charge in [-0.25, -0.2) is 9.59 Å². The third-order valence-corrected chi connectivity index (χ3v) is 2.27. The molecule has 0 radical (unpaired) electrons. The lowest BCUT2D eigenvalue weighted by molar-refractivity contribution is 0.0647. The molecule has 7 heteroatoms. The van der Waals surface area contributed by atoms with Gasteiger partial charge in [-0.15, -0.1) is 0 Å². The number of carbonyl (C=O) groups is 2. The molecule has 1 rings (SSSR count). The molecular formula is C11H12O7. The van der Waals surface area contributed by atoms with Gasteiger partial charge in [0, 0.05) is 0 Å². The minimum Gasteiger partial charge on any atom is -0.493 e. The van der Waals surface area contributed by atoms with Gasteiger partial charge in [0.15, 0.2) is 11.5 Å². The zero-order chi connectivity index (χ0) is 13.9. The number of hydrogen-bond donors (Lipinski definition) is 2. The molecular weight excluding hydrogens is 244 g/mol. The zero-order valence-electron chi connectivity index (χ0n) is 10.0. The van der Waals surface area contributed by atoms with Crippen LogP contribution in [0.2, 0.25) is 0 Å². The van der Waals surface area contributed by atoms with Crippen molar-refractivity contribution in [2.45, 2.75) is 0 Å². The maximum absolute atomic E-state index is 11.1. The molecule has 18 heavy (non-hydrogen) atoms. The predicted octanol–water partition coefficient (Wildman–Crippen LogP) is 1.11. The molecule has 0 amide bonds. The quantitative estimate of drug-likeness (QED) is 0.813. The minimum atomic E-state index is -1.43. The molecule has 2 N–H and O–H groups in total. The molecule has 0 saturated heterocycles. The first-order valence-corrected chi connectivity index (χ1v) is 4.77. The molecule has 0 saturated carbocycles. The van der Waals surface area contributed by atoms with Gasteiger partial charge in [-0.05, 0) is 6.07 Å². The van der Waals surface area contributed by atoms with Gasteiger partial charge in [0.1, 0.15) is 5.56 Å². The highest BCUT2D eigenvalue weighted by molar-refractivity contribution is 6.05. The van der Waals surface area contributed by atoms with Gasteiger partial charge in [-0.2, -0.15) is 0 Å². The Morgan fingerprint density at radius 2 is 1.50 bits per heavy atom. The molecule has 0 atom stereocenters. The molecule has 0 unspecified atom stereocenters. The molecule has 1 aromatic rings. The zero-order valence-corrected chi connectivity index (χ0v) is 10.0. The van der Waals surface area contributed by atoms with Crippen LogP contribution in [0, 0.1) is 0 Å². The fourth-order valence-corrected chi connectivity index (χ4v) is 1.54. The summed E-state index contributed by atoms with van der Waals surface area (Å²) in [5, 5.41) is 18.1. The number of aromatic carboxylic acids is 2. The van der Waals surface area contributed by atoms with Crippen LogP contribution in [-0.4, -0.2) is 43.5 Å². The summed E-state index contributed by atoms with van der Waals surface area (Å²) >= 11 is 0. The van der Waals surface area contributed by atoms with Crippen LogP contribution in [0.25, 0.3) is 0 Å². The van der Waals surface area contributed by atoms with E-state index in [-0.39, 0.29) is 17.2 Å². The Labute approximate surface area is 103 Å².